The van der Waals surface area contributed by atoms with E-state index in [0.717, 1.165) is 22.0 Å². The van der Waals surface area contributed by atoms with Crippen molar-refractivity contribution in [1.82, 2.24) is 9.38 Å². The van der Waals surface area contributed by atoms with E-state index in [4.69, 9.17) is 9.72 Å². The molecule has 0 saturated carbocycles. The lowest BCUT2D eigenvalue weighted by molar-refractivity contribution is 0.340. The van der Waals surface area contributed by atoms with Gasteiger partial charge in [-0.1, -0.05) is 0 Å². The number of ether oxygens (including phenoxy) is 1. The molecule has 0 radical (unpaired) electrons. The first-order chi connectivity index (χ1) is 9.85. The molecule has 0 saturated heterocycles. The molecule has 4 rings (SSSR count). The van der Waals surface area contributed by atoms with Gasteiger partial charge in [-0.25, -0.2) is 4.98 Å². The third kappa shape index (κ3) is 1.83. The third-order valence-electron chi connectivity index (χ3n) is 3.78. The molecule has 20 heavy (non-hydrogen) atoms. The van der Waals surface area contributed by atoms with Crippen molar-refractivity contribution in [2.45, 2.75) is 26.2 Å². The Morgan fingerprint density at radius 1 is 1.25 bits per heavy atom. The Labute approximate surface area is 121 Å². The van der Waals surface area contributed by atoms with Crippen LogP contribution in [0.15, 0.2) is 30.5 Å². The minimum Gasteiger partial charge on any atom is -0.494 e. The molecule has 3 nitrogen and oxygen atoms in total. The van der Waals surface area contributed by atoms with E-state index in [1.54, 1.807) is 0 Å². The molecule has 0 unspecified atom stereocenters. The molecule has 0 N–H and O–H groups in total. The normalized spacial score (nSPS) is 13.8. The molecule has 3 aromatic rings. The largest absolute Gasteiger partial charge is 0.494 e. The first-order valence-corrected chi connectivity index (χ1v) is 7.89. The summed E-state index contributed by atoms with van der Waals surface area (Å²) in [4.78, 5) is 7.41. The van der Waals surface area contributed by atoms with Gasteiger partial charge in [0, 0.05) is 22.3 Å². The number of thiazole rings is 1. The van der Waals surface area contributed by atoms with Crippen molar-refractivity contribution in [3.05, 3.63) is 41.0 Å². The minimum atomic E-state index is 0.700. The van der Waals surface area contributed by atoms with Gasteiger partial charge in [0.2, 0.25) is 0 Å². The highest BCUT2D eigenvalue weighted by Gasteiger charge is 2.19. The van der Waals surface area contributed by atoms with E-state index in [2.05, 4.69) is 22.7 Å². The van der Waals surface area contributed by atoms with Crippen LogP contribution in [0.5, 0.6) is 5.75 Å². The van der Waals surface area contributed by atoms with Crippen molar-refractivity contribution >= 4 is 16.3 Å². The van der Waals surface area contributed by atoms with Gasteiger partial charge in [-0.3, -0.25) is 4.40 Å². The van der Waals surface area contributed by atoms with Gasteiger partial charge in [-0.05, 0) is 50.5 Å². The monoisotopic (exact) mass is 284 g/mol. The first kappa shape index (κ1) is 12.0. The molecule has 1 aromatic carbocycles. The minimum absolute atomic E-state index is 0.700. The zero-order chi connectivity index (χ0) is 13.5. The highest BCUT2D eigenvalue weighted by atomic mass is 32.1. The highest BCUT2D eigenvalue weighted by Crippen LogP contribution is 2.33. The fourth-order valence-corrected chi connectivity index (χ4v) is 4.02. The maximum Gasteiger partial charge on any atom is 0.194 e. The average Bonchev–Trinajstić information content (AvgIpc) is 3.11. The standard InChI is InChI=1S/C16H16N2OS/c1-2-19-12-8-6-11(7-9-12)13-10-18-14-4-3-5-15(14)20-16(18)17-13/h6-10H,2-5H2,1H3. The number of fused-ring (bicyclic) bond motifs is 3. The van der Waals surface area contributed by atoms with E-state index in [1.165, 1.54) is 29.8 Å². The molecule has 0 bridgehead atoms. The Morgan fingerprint density at radius 2 is 2.10 bits per heavy atom. The zero-order valence-corrected chi connectivity index (χ0v) is 12.2. The second-order valence-electron chi connectivity index (χ2n) is 5.06. The molecule has 4 heteroatoms. The predicted molar refractivity (Wildman–Crippen MR) is 81.7 cm³/mol. The molecule has 0 aliphatic heterocycles. The van der Waals surface area contributed by atoms with Gasteiger partial charge >= 0.3 is 0 Å². The van der Waals surface area contributed by atoms with Crippen molar-refractivity contribution in [2.75, 3.05) is 6.61 Å². The van der Waals surface area contributed by atoms with E-state index in [9.17, 15) is 0 Å². The van der Waals surface area contributed by atoms with Gasteiger partial charge in [-0.15, -0.1) is 11.3 Å². The number of rotatable bonds is 3. The van der Waals surface area contributed by atoms with Crippen LogP contribution in [0.3, 0.4) is 0 Å². The Bertz CT molecular complexity index is 755. The van der Waals surface area contributed by atoms with Crippen LogP contribution in [-0.2, 0) is 12.8 Å². The van der Waals surface area contributed by atoms with E-state index in [1.807, 2.05) is 30.4 Å². The van der Waals surface area contributed by atoms with Crippen LogP contribution in [-0.4, -0.2) is 16.0 Å². The maximum absolute atomic E-state index is 5.48. The van der Waals surface area contributed by atoms with E-state index >= 15 is 0 Å². The second kappa shape index (κ2) is 4.63. The fraction of sp³-hybridized carbons (Fsp3) is 0.312. The molecule has 0 atom stereocenters. The Morgan fingerprint density at radius 3 is 2.90 bits per heavy atom. The number of benzene rings is 1. The van der Waals surface area contributed by atoms with Crippen LogP contribution < -0.4 is 4.74 Å². The Kier molecular flexibility index (Phi) is 2.77. The highest BCUT2D eigenvalue weighted by molar-refractivity contribution is 7.17. The van der Waals surface area contributed by atoms with E-state index in [0.29, 0.717) is 6.61 Å². The van der Waals surface area contributed by atoms with Crippen LogP contribution in [0.25, 0.3) is 16.2 Å². The van der Waals surface area contributed by atoms with Gasteiger partial charge in [0.05, 0.1) is 12.3 Å². The number of hydrogen-bond acceptors (Lipinski definition) is 3. The molecule has 0 spiro atoms. The van der Waals surface area contributed by atoms with Crippen LogP contribution in [0.1, 0.15) is 23.9 Å². The molecule has 0 fully saturated rings. The van der Waals surface area contributed by atoms with Gasteiger partial charge in [0.15, 0.2) is 4.96 Å². The van der Waals surface area contributed by atoms with Crippen molar-refractivity contribution in [2.24, 2.45) is 0 Å². The summed E-state index contributed by atoms with van der Waals surface area (Å²) in [6, 6.07) is 8.18. The van der Waals surface area contributed by atoms with Crippen molar-refractivity contribution in [3.8, 4) is 17.0 Å². The van der Waals surface area contributed by atoms with Crippen molar-refractivity contribution in [1.29, 1.82) is 0 Å². The molecule has 2 heterocycles. The number of nitrogens with zero attached hydrogens (tertiary/aromatic N) is 2. The maximum atomic E-state index is 5.48. The Hall–Kier alpha value is -1.81. The van der Waals surface area contributed by atoms with Gasteiger partial charge in [0.1, 0.15) is 5.75 Å². The first-order valence-electron chi connectivity index (χ1n) is 7.08. The topological polar surface area (TPSA) is 26.5 Å². The van der Waals surface area contributed by atoms with E-state index in [-0.39, 0.29) is 0 Å². The fourth-order valence-electron chi connectivity index (χ4n) is 2.83. The average molecular weight is 284 g/mol. The number of imidazole rings is 1. The zero-order valence-electron chi connectivity index (χ0n) is 11.4. The lowest BCUT2D eigenvalue weighted by Gasteiger charge is -2.03. The lowest BCUT2D eigenvalue weighted by Crippen LogP contribution is -1.90. The van der Waals surface area contributed by atoms with Crippen molar-refractivity contribution < 1.29 is 4.74 Å². The molecular weight excluding hydrogens is 268 g/mol. The SMILES string of the molecule is CCOc1ccc(-c2cn3c4c(sc3n2)CCC4)cc1. The van der Waals surface area contributed by atoms with E-state index < -0.39 is 0 Å². The summed E-state index contributed by atoms with van der Waals surface area (Å²) in [6.07, 6.45) is 5.87. The van der Waals surface area contributed by atoms with Crippen LogP contribution >= 0.6 is 11.3 Å². The molecule has 0 amide bonds. The van der Waals surface area contributed by atoms with Crippen LogP contribution in [0, 0.1) is 0 Å². The van der Waals surface area contributed by atoms with Crippen LogP contribution in [0.2, 0.25) is 0 Å². The van der Waals surface area contributed by atoms with Gasteiger partial charge in [-0.2, -0.15) is 0 Å². The summed E-state index contributed by atoms with van der Waals surface area (Å²) in [5, 5.41) is 0. The number of aromatic nitrogens is 2. The number of aryl methyl sites for hydroxylation is 2. The molecule has 1 aliphatic carbocycles. The molecule has 2 aromatic heterocycles. The predicted octanol–water partition coefficient (Wildman–Crippen LogP) is 3.95. The summed E-state index contributed by atoms with van der Waals surface area (Å²) in [5.74, 6) is 0.915. The molecular formula is C16H16N2OS. The summed E-state index contributed by atoms with van der Waals surface area (Å²) < 4.78 is 7.75. The van der Waals surface area contributed by atoms with Gasteiger partial charge in [0.25, 0.3) is 0 Å². The smallest absolute Gasteiger partial charge is 0.194 e. The summed E-state index contributed by atoms with van der Waals surface area (Å²) in [7, 11) is 0. The van der Waals surface area contributed by atoms with Gasteiger partial charge < -0.3 is 4.74 Å². The second-order valence-corrected chi connectivity index (χ2v) is 6.12. The quantitative estimate of drug-likeness (QED) is 0.728. The molecule has 102 valence electrons. The summed E-state index contributed by atoms with van der Waals surface area (Å²) in [5.41, 5.74) is 3.67. The summed E-state index contributed by atoms with van der Waals surface area (Å²) in [6.45, 7) is 2.70. The lowest BCUT2D eigenvalue weighted by atomic mass is 10.2. The third-order valence-corrected chi connectivity index (χ3v) is 4.94. The number of hydrogen-bond donors (Lipinski definition) is 0. The summed E-state index contributed by atoms with van der Waals surface area (Å²) >= 11 is 1.84. The van der Waals surface area contributed by atoms with Crippen molar-refractivity contribution in [3.63, 3.8) is 0 Å². The van der Waals surface area contributed by atoms with Crippen LogP contribution in [0.4, 0.5) is 0 Å². The Balaban J connectivity index is 1.72. The molecule has 1 aliphatic rings.